The quantitative estimate of drug-likeness (QED) is 0.231. The van der Waals surface area contributed by atoms with Crippen LogP contribution in [0, 0.1) is 6.92 Å². The Morgan fingerprint density at radius 2 is 1.47 bits per heavy atom. The number of benzene rings is 3. The molecule has 0 saturated heterocycles. The first-order valence-electron chi connectivity index (χ1n) is 11.0. The second kappa shape index (κ2) is 13.2. The molecule has 0 aliphatic rings. The van der Waals surface area contributed by atoms with Gasteiger partial charge in [0.05, 0.1) is 35.2 Å². The number of halogens is 1. The van der Waals surface area contributed by atoms with Crippen LogP contribution in [0.5, 0.6) is 11.6 Å². The summed E-state index contributed by atoms with van der Waals surface area (Å²) in [6.07, 6.45) is 0. The van der Waals surface area contributed by atoms with Crippen LogP contribution in [0.3, 0.4) is 0 Å². The number of aryl methyl sites for hydroxylation is 1. The first-order valence-corrected chi connectivity index (χ1v) is 12.4. The van der Waals surface area contributed by atoms with Crippen molar-refractivity contribution < 1.29 is 58.6 Å². The molecule has 14 heteroatoms. The van der Waals surface area contributed by atoms with E-state index in [9.17, 15) is 28.8 Å². The summed E-state index contributed by atoms with van der Waals surface area (Å²) in [5.41, 5.74) is 0.682. The van der Waals surface area contributed by atoms with Gasteiger partial charge in [0.15, 0.2) is 0 Å². The zero-order chi connectivity index (χ0) is 25.9. The van der Waals surface area contributed by atoms with Crippen LogP contribution in [0.2, 0.25) is 0 Å². The molecule has 0 unspecified atom stereocenters. The number of sulfonamides is 1. The number of rotatable bonds is 9. The molecule has 4 aromatic rings. The van der Waals surface area contributed by atoms with Gasteiger partial charge in [-0.1, -0.05) is 48.2 Å². The fraction of sp³-hybridized carbons (Fsp3) is 0.208. The van der Waals surface area contributed by atoms with Gasteiger partial charge in [0.1, 0.15) is 5.69 Å². The molecule has 2 N–H and O–H groups in total. The van der Waals surface area contributed by atoms with Crippen LogP contribution in [0.15, 0.2) is 75.8 Å². The molecule has 11 nitrogen and oxygen atoms in total. The van der Waals surface area contributed by atoms with Crippen molar-refractivity contribution in [3.05, 3.63) is 66.4 Å². The summed E-state index contributed by atoms with van der Waals surface area (Å²) in [7, 11) is -4.22. The summed E-state index contributed by atoms with van der Waals surface area (Å²) < 4.78 is 28.6. The van der Waals surface area contributed by atoms with E-state index in [0.717, 1.165) is 10.4 Å². The number of fused-ring (bicyclic) bond motifs is 1. The van der Waals surface area contributed by atoms with Crippen molar-refractivity contribution in [2.45, 2.75) is 11.8 Å². The predicted molar refractivity (Wildman–Crippen MR) is 128 cm³/mol. The van der Waals surface area contributed by atoms with Gasteiger partial charge in [-0.15, -0.1) is 5.11 Å². The summed E-state index contributed by atoms with van der Waals surface area (Å²) in [6.45, 7) is 0.189. The summed E-state index contributed by atoms with van der Waals surface area (Å²) in [4.78, 5) is -0.276. The smallest absolute Gasteiger partial charge is 1.00 e. The molecule has 0 fully saturated rings. The Morgan fingerprint density at radius 3 is 2.08 bits per heavy atom. The van der Waals surface area contributed by atoms with Crippen molar-refractivity contribution in [3.63, 3.8) is 0 Å². The maximum Gasteiger partial charge on any atom is 3.00 e. The van der Waals surface area contributed by atoms with Crippen LogP contribution < -0.4 is 22.6 Å². The van der Waals surface area contributed by atoms with E-state index in [2.05, 4.69) is 15.3 Å². The van der Waals surface area contributed by atoms with Crippen molar-refractivity contribution in [1.29, 1.82) is 0 Å². The Balaban J connectivity index is 0.00000253. The monoisotopic (exact) mass is 596 g/mol. The number of hydrogen-bond donors (Lipinski definition) is 2. The van der Waals surface area contributed by atoms with Crippen LogP contribution in [0.25, 0.3) is 16.5 Å². The molecular weight excluding hydrogens is 574 g/mol. The zero-order valence-corrected chi connectivity index (χ0v) is 22.9. The van der Waals surface area contributed by atoms with Crippen molar-refractivity contribution in [2.75, 3.05) is 26.3 Å². The molecule has 38 heavy (non-hydrogen) atoms. The summed E-state index contributed by atoms with van der Waals surface area (Å²) in [6, 6.07) is 16.0. The number of aliphatic hydroxyl groups is 2. The first kappa shape index (κ1) is 31.2. The molecule has 199 valence electrons. The third kappa shape index (κ3) is 6.00. The van der Waals surface area contributed by atoms with Gasteiger partial charge in [-0.2, -0.15) is 14.5 Å². The van der Waals surface area contributed by atoms with Gasteiger partial charge in [-0.25, -0.2) is 13.1 Å². The minimum atomic E-state index is -4.22. The van der Waals surface area contributed by atoms with Crippen molar-refractivity contribution >= 4 is 32.2 Å². The average molecular weight is 597 g/mol. The Morgan fingerprint density at radius 1 is 0.921 bits per heavy atom. The number of nitrogens with zero attached hydrogens (tertiary/aromatic N) is 5. The molecular formula is C24H23ClCrN5O6S. The van der Waals surface area contributed by atoms with Gasteiger partial charge in [-0.3, -0.25) is 0 Å². The first-order chi connectivity index (χ1) is 17.3. The van der Waals surface area contributed by atoms with E-state index in [4.69, 9.17) is 0 Å². The SMILES string of the molecule is Cc1nn(-c2ccccc2)c([O-])c1N=Nc1c([O-])cc(S(=O)(=O)N(CCO)CCO)c2ccccc12.[Cl-].[Cr+3]. The van der Waals surface area contributed by atoms with E-state index in [1.807, 2.05) is 6.07 Å². The minimum Gasteiger partial charge on any atom is -1.00 e. The number of azo groups is 1. The zero-order valence-electron chi connectivity index (χ0n) is 20.1. The number of para-hydroxylation sites is 1. The molecule has 0 aliphatic carbocycles. The summed E-state index contributed by atoms with van der Waals surface area (Å²) in [5, 5.41) is 57.2. The minimum absolute atomic E-state index is 0. The average Bonchev–Trinajstić information content (AvgIpc) is 3.16. The van der Waals surface area contributed by atoms with E-state index >= 15 is 0 Å². The third-order valence-corrected chi connectivity index (χ3v) is 7.44. The Bertz CT molecular complexity index is 1530. The van der Waals surface area contributed by atoms with E-state index in [1.54, 1.807) is 43.3 Å². The Kier molecular flexibility index (Phi) is 10.8. The molecule has 0 atom stereocenters. The molecule has 3 aromatic carbocycles. The van der Waals surface area contributed by atoms with Gasteiger partial charge in [-0.05, 0) is 25.1 Å². The molecule has 0 bridgehead atoms. The molecule has 4 rings (SSSR count). The van der Waals surface area contributed by atoms with E-state index in [1.165, 1.54) is 16.8 Å². The summed E-state index contributed by atoms with van der Waals surface area (Å²) >= 11 is 0. The molecule has 1 heterocycles. The maximum absolute atomic E-state index is 13.3. The van der Waals surface area contributed by atoms with Gasteiger partial charge < -0.3 is 32.8 Å². The van der Waals surface area contributed by atoms with Crippen molar-refractivity contribution in [1.82, 2.24) is 14.1 Å². The molecule has 1 radical (unpaired) electrons. The van der Waals surface area contributed by atoms with Gasteiger partial charge >= 0.3 is 17.4 Å². The van der Waals surface area contributed by atoms with Gasteiger partial charge in [0.2, 0.25) is 10.0 Å². The van der Waals surface area contributed by atoms with E-state index in [0.29, 0.717) is 11.4 Å². The second-order valence-corrected chi connectivity index (χ2v) is 9.71. The standard InChI is InChI=1S/C24H25N5O6S.ClH.Cr/c1-16-22(24(33)29(27-16)17-7-3-2-4-8-17)25-26-23-19-10-6-5-9-18(19)21(15-20(23)32)36(34,35)28(11-13-30)12-14-31;;/h2-10,15,30-33H,11-14H2,1H3;1H;/q;;+3/p-3. The van der Waals surface area contributed by atoms with Crippen LogP contribution in [0.4, 0.5) is 11.4 Å². The predicted octanol–water partition coefficient (Wildman–Crippen LogP) is -1.13. The fourth-order valence-corrected chi connectivity index (χ4v) is 5.42. The molecule has 0 saturated carbocycles. The van der Waals surface area contributed by atoms with Gasteiger partial charge in [0.25, 0.3) is 0 Å². The van der Waals surface area contributed by atoms with E-state index < -0.39 is 34.9 Å². The Hall–Kier alpha value is -3.02. The molecule has 0 amide bonds. The van der Waals surface area contributed by atoms with Crippen molar-refractivity contribution in [3.8, 4) is 17.3 Å². The van der Waals surface area contributed by atoms with Crippen LogP contribution in [0.1, 0.15) is 5.69 Å². The molecule has 0 aliphatic heterocycles. The molecule has 1 aromatic heterocycles. The second-order valence-electron chi connectivity index (χ2n) is 7.80. The number of aromatic nitrogens is 2. The van der Waals surface area contributed by atoms with Crippen LogP contribution >= 0.6 is 0 Å². The van der Waals surface area contributed by atoms with E-state index in [-0.39, 0.29) is 69.9 Å². The largest absolute Gasteiger partial charge is 3.00 e. The molecule has 0 spiro atoms. The number of hydrogen-bond acceptors (Lipinski definition) is 9. The maximum atomic E-state index is 13.3. The number of aliphatic hydroxyl groups excluding tert-OH is 2. The van der Waals surface area contributed by atoms with Crippen LogP contribution in [-0.4, -0.2) is 59.0 Å². The van der Waals surface area contributed by atoms with Crippen LogP contribution in [-0.2, 0) is 27.4 Å². The third-order valence-electron chi connectivity index (χ3n) is 5.50. The topological polar surface area (TPSA) is 166 Å². The normalized spacial score (nSPS) is 11.6. The Labute approximate surface area is 236 Å². The summed E-state index contributed by atoms with van der Waals surface area (Å²) in [5.74, 6) is -1.23. The fourth-order valence-electron chi connectivity index (χ4n) is 3.79. The van der Waals surface area contributed by atoms with Gasteiger partial charge in [0, 0.05) is 29.7 Å². The van der Waals surface area contributed by atoms with Crippen molar-refractivity contribution in [2.24, 2.45) is 10.2 Å².